The van der Waals surface area contributed by atoms with Crippen molar-refractivity contribution in [3.8, 4) is 0 Å². The summed E-state index contributed by atoms with van der Waals surface area (Å²) < 4.78 is 0. The molecule has 2 N–H and O–H groups in total. The first kappa shape index (κ1) is 9.77. The van der Waals surface area contributed by atoms with Crippen LogP contribution in [0.15, 0.2) is 0 Å². The summed E-state index contributed by atoms with van der Waals surface area (Å²) >= 11 is 0. The second-order valence-electron chi connectivity index (χ2n) is 4.22. The smallest absolute Gasteiger partial charge is 0.317 e. The molecule has 0 aromatic rings. The summed E-state index contributed by atoms with van der Waals surface area (Å²) in [5.74, 6) is 0. The lowest BCUT2D eigenvalue weighted by molar-refractivity contribution is 0.172. The largest absolute Gasteiger partial charge is 0.336 e. The quantitative estimate of drug-likeness (QED) is 0.678. The zero-order valence-corrected chi connectivity index (χ0v) is 8.75. The molecule has 0 unspecified atom stereocenters. The van der Waals surface area contributed by atoms with Gasteiger partial charge >= 0.3 is 6.03 Å². The SMILES string of the molecule is CNC1CCC(N2CCNC2=O)CC1. The number of carbonyl (C=O) groups excluding carboxylic acids is 1. The molecule has 0 aromatic heterocycles. The van der Waals surface area contributed by atoms with Crippen LogP contribution in [-0.2, 0) is 0 Å². The third-order valence-electron chi connectivity index (χ3n) is 3.44. The van der Waals surface area contributed by atoms with Crippen LogP contribution >= 0.6 is 0 Å². The average Bonchev–Trinajstić information content (AvgIpc) is 2.65. The van der Waals surface area contributed by atoms with Crippen LogP contribution in [0.3, 0.4) is 0 Å². The van der Waals surface area contributed by atoms with E-state index in [1.807, 2.05) is 11.9 Å². The van der Waals surface area contributed by atoms with E-state index in [0.29, 0.717) is 12.1 Å². The lowest BCUT2D eigenvalue weighted by Gasteiger charge is -2.33. The number of carbonyl (C=O) groups is 1. The molecular formula is C10H19N3O. The Morgan fingerprint density at radius 1 is 1.36 bits per heavy atom. The molecule has 1 aliphatic carbocycles. The lowest BCUT2D eigenvalue weighted by Crippen LogP contribution is -2.43. The predicted molar refractivity (Wildman–Crippen MR) is 55.2 cm³/mol. The lowest BCUT2D eigenvalue weighted by atomic mass is 9.90. The maximum atomic E-state index is 11.4. The van der Waals surface area contributed by atoms with Crippen LogP contribution in [0, 0.1) is 0 Å². The minimum atomic E-state index is 0.137. The van der Waals surface area contributed by atoms with Gasteiger partial charge < -0.3 is 15.5 Å². The maximum Gasteiger partial charge on any atom is 0.317 e. The normalized spacial score (nSPS) is 33.2. The molecule has 2 aliphatic rings. The monoisotopic (exact) mass is 197 g/mol. The van der Waals surface area contributed by atoms with Gasteiger partial charge in [0.15, 0.2) is 0 Å². The van der Waals surface area contributed by atoms with Crippen molar-refractivity contribution < 1.29 is 4.79 Å². The van der Waals surface area contributed by atoms with E-state index in [-0.39, 0.29) is 6.03 Å². The van der Waals surface area contributed by atoms with Gasteiger partial charge in [-0.05, 0) is 32.7 Å². The number of nitrogens with one attached hydrogen (secondary N) is 2. The molecule has 0 atom stereocenters. The zero-order valence-electron chi connectivity index (χ0n) is 8.75. The Morgan fingerprint density at radius 3 is 2.57 bits per heavy atom. The fraction of sp³-hybridized carbons (Fsp3) is 0.900. The number of urea groups is 1. The molecule has 4 heteroatoms. The highest BCUT2D eigenvalue weighted by Gasteiger charge is 2.30. The minimum absolute atomic E-state index is 0.137. The molecule has 1 saturated carbocycles. The molecule has 0 bridgehead atoms. The van der Waals surface area contributed by atoms with Gasteiger partial charge in [-0.15, -0.1) is 0 Å². The van der Waals surface area contributed by atoms with E-state index in [1.165, 1.54) is 12.8 Å². The predicted octanol–water partition coefficient (Wildman–Crippen LogP) is 0.542. The van der Waals surface area contributed by atoms with Crippen molar-refractivity contribution in [2.24, 2.45) is 0 Å². The number of amides is 2. The molecular weight excluding hydrogens is 178 g/mol. The van der Waals surface area contributed by atoms with E-state index < -0.39 is 0 Å². The highest BCUT2D eigenvalue weighted by Crippen LogP contribution is 2.23. The summed E-state index contributed by atoms with van der Waals surface area (Å²) in [6, 6.07) is 1.29. The standard InChI is InChI=1S/C10H19N3O/c1-11-8-2-4-9(5-3-8)13-7-6-12-10(13)14/h8-9,11H,2-7H2,1H3,(H,12,14). The van der Waals surface area contributed by atoms with Crippen molar-refractivity contribution in [3.63, 3.8) is 0 Å². The highest BCUT2D eigenvalue weighted by atomic mass is 16.2. The first-order valence-electron chi connectivity index (χ1n) is 5.53. The van der Waals surface area contributed by atoms with Gasteiger partial charge in [-0.1, -0.05) is 0 Å². The summed E-state index contributed by atoms with van der Waals surface area (Å²) in [5, 5.41) is 6.17. The Kier molecular flexibility index (Phi) is 2.91. The number of rotatable bonds is 2. The summed E-state index contributed by atoms with van der Waals surface area (Å²) in [6.07, 6.45) is 4.70. The molecule has 80 valence electrons. The Labute approximate surface area is 85.0 Å². The summed E-state index contributed by atoms with van der Waals surface area (Å²) in [6.45, 7) is 1.72. The van der Waals surface area contributed by atoms with Crippen LogP contribution in [0.4, 0.5) is 4.79 Å². The molecule has 2 amide bonds. The van der Waals surface area contributed by atoms with Crippen LogP contribution in [-0.4, -0.2) is 43.2 Å². The van der Waals surface area contributed by atoms with Crippen LogP contribution < -0.4 is 10.6 Å². The second-order valence-corrected chi connectivity index (χ2v) is 4.22. The van der Waals surface area contributed by atoms with E-state index in [1.54, 1.807) is 0 Å². The summed E-state index contributed by atoms with van der Waals surface area (Å²) in [4.78, 5) is 13.4. The van der Waals surface area contributed by atoms with E-state index in [9.17, 15) is 4.79 Å². The third-order valence-corrected chi connectivity index (χ3v) is 3.44. The third kappa shape index (κ3) is 1.85. The summed E-state index contributed by atoms with van der Waals surface area (Å²) in [5.41, 5.74) is 0. The van der Waals surface area contributed by atoms with Crippen LogP contribution in [0.2, 0.25) is 0 Å². The maximum absolute atomic E-state index is 11.4. The first-order valence-corrected chi connectivity index (χ1v) is 5.53. The Bertz CT molecular complexity index is 211. The van der Waals surface area contributed by atoms with Crippen molar-refractivity contribution in [2.45, 2.75) is 37.8 Å². The van der Waals surface area contributed by atoms with Crippen molar-refractivity contribution in [3.05, 3.63) is 0 Å². The molecule has 2 rings (SSSR count). The molecule has 1 heterocycles. The number of nitrogens with zero attached hydrogens (tertiary/aromatic N) is 1. The molecule has 4 nitrogen and oxygen atoms in total. The molecule has 2 fully saturated rings. The molecule has 14 heavy (non-hydrogen) atoms. The highest BCUT2D eigenvalue weighted by molar-refractivity contribution is 5.76. The Hall–Kier alpha value is -0.770. The Balaban J connectivity index is 1.85. The van der Waals surface area contributed by atoms with Crippen molar-refractivity contribution in [1.29, 1.82) is 0 Å². The molecule has 0 radical (unpaired) electrons. The van der Waals surface area contributed by atoms with E-state index in [2.05, 4.69) is 10.6 Å². The number of hydrogen-bond acceptors (Lipinski definition) is 2. The van der Waals surface area contributed by atoms with Crippen molar-refractivity contribution >= 4 is 6.03 Å². The van der Waals surface area contributed by atoms with Gasteiger partial charge in [0.2, 0.25) is 0 Å². The van der Waals surface area contributed by atoms with Gasteiger partial charge in [0.1, 0.15) is 0 Å². The van der Waals surface area contributed by atoms with E-state index >= 15 is 0 Å². The number of hydrogen-bond donors (Lipinski definition) is 2. The van der Waals surface area contributed by atoms with Gasteiger partial charge in [0, 0.05) is 25.2 Å². The zero-order chi connectivity index (χ0) is 9.97. The van der Waals surface area contributed by atoms with Gasteiger partial charge in [-0.3, -0.25) is 0 Å². The Morgan fingerprint density at radius 2 is 2.07 bits per heavy atom. The van der Waals surface area contributed by atoms with Crippen molar-refractivity contribution in [1.82, 2.24) is 15.5 Å². The van der Waals surface area contributed by atoms with Gasteiger partial charge in [0.25, 0.3) is 0 Å². The molecule has 1 aliphatic heterocycles. The molecule has 1 saturated heterocycles. The average molecular weight is 197 g/mol. The fourth-order valence-electron chi connectivity index (χ4n) is 2.51. The molecule has 0 spiro atoms. The van der Waals surface area contributed by atoms with Gasteiger partial charge in [0.05, 0.1) is 0 Å². The van der Waals surface area contributed by atoms with E-state index in [4.69, 9.17) is 0 Å². The first-order chi connectivity index (χ1) is 6.81. The fourth-order valence-corrected chi connectivity index (χ4v) is 2.51. The van der Waals surface area contributed by atoms with Gasteiger partial charge in [-0.25, -0.2) is 4.79 Å². The minimum Gasteiger partial charge on any atom is -0.336 e. The second kappa shape index (κ2) is 4.17. The van der Waals surface area contributed by atoms with E-state index in [0.717, 1.165) is 25.9 Å². The van der Waals surface area contributed by atoms with Gasteiger partial charge in [-0.2, -0.15) is 0 Å². The topological polar surface area (TPSA) is 44.4 Å². The molecule has 0 aromatic carbocycles. The summed E-state index contributed by atoms with van der Waals surface area (Å²) in [7, 11) is 2.02. The van der Waals surface area contributed by atoms with Crippen LogP contribution in [0.1, 0.15) is 25.7 Å². The van der Waals surface area contributed by atoms with Crippen LogP contribution in [0.25, 0.3) is 0 Å². The van der Waals surface area contributed by atoms with Crippen LogP contribution in [0.5, 0.6) is 0 Å². The van der Waals surface area contributed by atoms with Crippen molar-refractivity contribution in [2.75, 3.05) is 20.1 Å².